The maximum Gasteiger partial charge on any atom is 0.407 e. The number of nitrogens with zero attached hydrogens (tertiary/aromatic N) is 1. The molecule has 1 heterocycles. The number of carboxylic acids is 1. The number of carboxylic acid groups (broad SMARTS) is 1. The van der Waals surface area contributed by atoms with E-state index in [1.54, 1.807) is 0 Å². The van der Waals surface area contributed by atoms with Crippen LogP contribution in [0, 0.1) is 5.92 Å². The van der Waals surface area contributed by atoms with Crippen LogP contribution in [0.25, 0.3) is 0 Å². The first kappa shape index (κ1) is 18.3. The van der Waals surface area contributed by atoms with Crippen molar-refractivity contribution in [2.24, 2.45) is 5.92 Å². The summed E-state index contributed by atoms with van der Waals surface area (Å²) in [5.74, 6) is -1.28. The summed E-state index contributed by atoms with van der Waals surface area (Å²) < 4.78 is 5.23. The molecule has 0 bridgehead atoms. The fraction of sp³-hybridized carbons (Fsp3) is 0.556. The minimum absolute atomic E-state index is 0.205. The summed E-state index contributed by atoms with van der Waals surface area (Å²) >= 11 is 0. The standard InChI is InChI=1S/C18H26N2O4/c1-3-13(2)20-10-15(17(21)22)9-16(11-20)19-18(23)24-12-14-7-5-4-6-8-14/h4-8,13,15-16H,3,9-12H2,1-2H3,(H,19,23)(H,21,22). The van der Waals surface area contributed by atoms with Crippen LogP contribution in [0.3, 0.4) is 0 Å². The van der Waals surface area contributed by atoms with E-state index in [4.69, 9.17) is 4.74 Å². The second-order valence-electron chi connectivity index (χ2n) is 6.39. The van der Waals surface area contributed by atoms with Crippen molar-refractivity contribution >= 4 is 12.1 Å². The van der Waals surface area contributed by atoms with Crippen LogP contribution >= 0.6 is 0 Å². The first-order chi connectivity index (χ1) is 11.5. The minimum Gasteiger partial charge on any atom is -0.481 e. The molecule has 1 fully saturated rings. The first-order valence-corrected chi connectivity index (χ1v) is 8.43. The molecule has 1 aliphatic rings. The summed E-state index contributed by atoms with van der Waals surface area (Å²) in [5, 5.41) is 12.2. The van der Waals surface area contributed by atoms with Gasteiger partial charge < -0.3 is 15.2 Å². The van der Waals surface area contributed by atoms with Crippen LogP contribution in [-0.4, -0.2) is 47.2 Å². The van der Waals surface area contributed by atoms with Crippen molar-refractivity contribution in [3.05, 3.63) is 35.9 Å². The zero-order valence-electron chi connectivity index (χ0n) is 14.3. The predicted octanol–water partition coefficient (Wildman–Crippen LogP) is 2.49. The number of carbonyl (C=O) groups is 2. The van der Waals surface area contributed by atoms with E-state index in [-0.39, 0.29) is 18.7 Å². The number of nitrogens with one attached hydrogen (secondary N) is 1. The van der Waals surface area contributed by atoms with E-state index in [1.807, 2.05) is 30.3 Å². The molecule has 1 amide bonds. The Balaban J connectivity index is 1.89. The summed E-state index contributed by atoms with van der Waals surface area (Å²) in [6.07, 6.45) is 0.874. The first-order valence-electron chi connectivity index (χ1n) is 8.43. The van der Waals surface area contributed by atoms with E-state index < -0.39 is 18.0 Å². The van der Waals surface area contributed by atoms with Gasteiger partial charge in [0.2, 0.25) is 0 Å². The number of hydrogen-bond donors (Lipinski definition) is 2. The van der Waals surface area contributed by atoms with E-state index in [2.05, 4.69) is 24.1 Å². The predicted molar refractivity (Wildman–Crippen MR) is 90.6 cm³/mol. The molecule has 3 unspecified atom stereocenters. The molecule has 6 heteroatoms. The van der Waals surface area contributed by atoms with Crippen molar-refractivity contribution < 1.29 is 19.4 Å². The van der Waals surface area contributed by atoms with E-state index in [0.29, 0.717) is 19.5 Å². The van der Waals surface area contributed by atoms with Crippen LogP contribution in [0.5, 0.6) is 0 Å². The van der Waals surface area contributed by atoms with Gasteiger partial charge in [-0.25, -0.2) is 4.79 Å². The number of alkyl carbamates (subject to hydrolysis) is 1. The Bertz CT molecular complexity index is 549. The van der Waals surface area contributed by atoms with Crippen LogP contribution in [0.2, 0.25) is 0 Å². The Hall–Kier alpha value is -2.08. The van der Waals surface area contributed by atoms with Gasteiger partial charge in [0.05, 0.1) is 5.92 Å². The molecule has 2 N–H and O–H groups in total. The van der Waals surface area contributed by atoms with Gasteiger partial charge in [-0.05, 0) is 25.3 Å². The minimum atomic E-state index is -0.813. The summed E-state index contributed by atoms with van der Waals surface area (Å²) in [6, 6.07) is 9.53. The van der Waals surface area contributed by atoms with Crippen molar-refractivity contribution in [2.45, 2.75) is 45.4 Å². The Morgan fingerprint density at radius 1 is 1.33 bits per heavy atom. The maximum atomic E-state index is 12.0. The second-order valence-corrected chi connectivity index (χ2v) is 6.39. The number of aliphatic carboxylic acids is 1. The molecule has 0 aliphatic carbocycles. The molecule has 3 atom stereocenters. The Morgan fingerprint density at radius 3 is 2.67 bits per heavy atom. The van der Waals surface area contributed by atoms with Gasteiger partial charge in [0, 0.05) is 25.2 Å². The molecule has 1 saturated heterocycles. The molecule has 1 aliphatic heterocycles. The largest absolute Gasteiger partial charge is 0.481 e. The lowest BCUT2D eigenvalue weighted by Gasteiger charge is -2.39. The molecule has 0 spiro atoms. The van der Waals surface area contributed by atoms with Crippen molar-refractivity contribution in [2.75, 3.05) is 13.1 Å². The highest BCUT2D eigenvalue weighted by molar-refractivity contribution is 5.71. The third kappa shape index (κ3) is 5.23. The van der Waals surface area contributed by atoms with Gasteiger partial charge >= 0.3 is 12.1 Å². The summed E-state index contributed by atoms with van der Waals surface area (Å²) in [5.41, 5.74) is 0.918. The monoisotopic (exact) mass is 334 g/mol. The quantitative estimate of drug-likeness (QED) is 0.835. The fourth-order valence-electron chi connectivity index (χ4n) is 2.97. The maximum absolute atomic E-state index is 12.0. The average Bonchev–Trinajstić information content (AvgIpc) is 2.59. The van der Waals surface area contributed by atoms with Crippen molar-refractivity contribution in [1.29, 1.82) is 0 Å². The number of benzene rings is 1. The molecular formula is C18H26N2O4. The zero-order chi connectivity index (χ0) is 17.5. The van der Waals surface area contributed by atoms with Crippen molar-refractivity contribution in [3.63, 3.8) is 0 Å². The van der Waals surface area contributed by atoms with Crippen molar-refractivity contribution in [3.8, 4) is 0 Å². The van der Waals surface area contributed by atoms with E-state index >= 15 is 0 Å². The Morgan fingerprint density at radius 2 is 2.04 bits per heavy atom. The Labute approximate surface area is 142 Å². The van der Waals surface area contributed by atoms with Gasteiger partial charge in [0.1, 0.15) is 6.61 Å². The Kier molecular flexibility index (Phi) is 6.61. The zero-order valence-corrected chi connectivity index (χ0v) is 14.3. The van der Waals surface area contributed by atoms with Gasteiger partial charge in [0.25, 0.3) is 0 Å². The van der Waals surface area contributed by atoms with E-state index in [0.717, 1.165) is 12.0 Å². The molecule has 0 saturated carbocycles. The summed E-state index contributed by atoms with van der Waals surface area (Å²) in [7, 11) is 0. The number of likely N-dealkylation sites (tertiary alicyclic amines) is 1. The lowest BCUT2D eigenvalue weighted by Crippen LogP contribution is -2.54. The van der Waals surface area contributed by atoms with Gasteiger partial charge in [-0.2, -0.15) is 0 Å². The number of piperidine rings is 1. The van der Waals surface area contributed by atoms with E-state index in [9.17, 15) is 14.7 Å². The SMILES string of the molecule is CCC(C)N1CC(NC(=O)OCc2ccccc2)CC(C(=O)O)C1. The van der Waals surface area contributed by atoms with Crippen LogP contribution < -0.4 is 5.32 Å². The molecule has 6 nitrogen and oxygen atoms in total. The fourth-order valence-corrected chi connectivity index (χ4v) is 2.97. The molecule has 24 heavy (non-hydrogen) atoms. The van der Waals surface area contributed by atoms with Gasteiger partial charge in [-0.15, -0.1) is 0 Å². The summed E-state index contributed by atoms with van der Waals surface area (Å²) in [6.45, 7) is 5.54. The molecular weight excluding hydrogens is 308 g/mol. The average molecular weight is 334 g/mol. The van der Waals surface area contributed by atoms with Crippen LogP contribution in [0.1, 0.15) is 32.3 Å². The van der Waals surface area contributed by atoms with Crippen LogP contribution in [-0.2, 0) is 16.1 Å². The highest BCUT2D eigenvalue weighted by Crippen LogP contribution is 2.20. The van der Waals surface area contributed by atoms with E-state index in [1.165, 1.54) is 0 Å². The smallest absolute Gasteiger partial charge is 0.407 e. The lowest BCUT2D eigenvalue weighted by molar-refractivity contribution is -0.144. The third-order valence-corrected chi connectivity index (χ3v) is 4.58. The molecule has 0 radical (unpaired) electrons. The second kappa shape index (κ2) is 8.68. The van der Waals surface area contributed by atoms with Gasteiger partial charge in [-0.1, -0.05) is 37.3 Å². The molecule has 2 rings (SSSR count). The molecule has 1 aromatic carbocycles. The highest BCUT2D eigenvalue weighted by Gasteiger charge is 2.34. The molecule has 132 valence electrons. The summed E-state index contributed by atoms with van der Waals surface area (Å²) in [4.78, 5) is 25.5. The highest BCUT2D eigenvalue weighted by atomic mass is 16.5. The number of carbonyl (C=O) groups excluding carboxylic acids is 1. The topological polar surface area (TPSA) is 78.9 Å². The van der Waals surface area contributed by atoms with Crippen molar-refractivity contribution in [1.82, 2.24) is 10.2 Å². The van der Waals surface area contributed by atoms with Crippen LogP contribution in [0.4, 0.5) is 4.79 Å². The third-order valence-electron chi connectivity index (χ3n) is 4.58. The number of hydrogen-bond acceptors (Lipinski definition) is 4. The molecule has 1 aromatic rings. The number of amides is 1. The lowest BCUT2D eigenvalue weighted by atomic mass is 9.93. The van der Waals surface area contributed by atoms with Gasteiger partial charge in [0.15, 0.2) is 0 Å². The number of rotatable bonds is 6. The van der Waals surface area contributed by atoms with Gasteiger partial charge in [-0.3, -0.25) is 9.69 Å². The normalized spacial score (nSPS) is 22.6. The molecule has 0 aromatic heterocycles. The number of ether oxygens (including phenoxy) is 1. The van der Waals surface area contributed by atoms with Crippen LogP contribution in [0.15, 0.2) is 30.3 Å².